The van der Waals surface area contributed by atoms with Crippen LogP contribution in [0.3, 0.4) is 0 Å². The highest BCUT2D eigenvalue weighted by molar-refractivity contribution is 6.32. The monoisotopic (exact) mass is 485 g/mol. The van der Waals surface area contributed by atoms with Crippen molar-refractivity contribution < 1.29 is 23.8 Å². The van der Waals surface area contributed by atoms with Crippen LogP contribution in [-0.2, 0) is 4.74 Å². The highest BCUT2D eigenvalue weighted by Gasteiger charge is 2.42. The van der Waals surface area contributed by atoms with Gasteiger partial charge in [-0.15, -0.1) is 0 Å². The van der Waals surface area contributed by atoms with Crippen LogP contribution in [0.15, 0.2) is 39.5 Å². The molecule has 8 heteroatoms. The molecule has 0 aliphatic carbocycles. The van der Waals surface area contributed by atoms with Gasteiger partial charge in [-0.2, -0.15) is 0 Å². The van der Waals surface area contributed by atoms with E-state index in [1.54, 1.807) is 29.2 Å². The van der Waals surface area contributed by atoms with Crippen molar-refractivity contribution >= 4 is 28.5 Å². The summed E-state index contributed by atoms with van der Waals surface area (Å²) in [5, 5.41) is 11.0. The molecular formula is C26H28ClNO6. The molecule has 34 heavy (non-hydrogen) atoms. The van der Waals surface area contributed by atoms with Crippen LogP contribution in [0.1, 0.15) is 60.5 Å². The molecule has 0 fully saturated rings. The molecule has 1 aliphatic rings. The van der Waals surface area contributed by atoms with Crippen LogP contribution in [0.2, 0.25) is 5.02 Å². The standard InChI is InChI=1S/C26H28ClNO6/c1-5-32-21-12-16(7-8-19(21)29)23-22-24(30)17-13-18(27)15(4)11-20(17)34-25(22)26(31)28(23)9-6-10-33-14(2)3/h7-8,11-14,23,29H,5-6,9-10H2,1-4H3. The first kappa shape index (κ1) is 24.1. The molecule has 0 saturated carbocycles. The maximum absolute atomic E-state index is 13.7. The summed E-state index contributed by atoms with van der Waals surface area (Å²) in [5.74, 6) is -0.0603. The number of rotatable bonds is 8. The average Bonchev–Trinajstić information content (AvgIpc) is 3.06. The van der Waals surface area contributed by atoms with Gasteiger partial charge in [-0.3, -0.25) is 9.59 Å². The van der Waals surface area contributed by atoms with Crippen molar-refractivity contribution in [2.75, 3.05) is 19.8 Å². The Morgan fingerprint density at radius 3 is 2.68 bits per heavy atom. The topological polar surface area (TPSA) is 89.2 Å². The number of benzene rings is 2. The molecule has 0 bridgehead atoms. The predicted octanol–water partition coefficient (Wildman–Crippen LogP) is 5.22. The van der Waals surface area contributed by atoms with Gasteiger partial charge in [-0.25, -0.2) is 0 Å². The van der Waals surface area contributed by atoms with E-state index in [1.807, 2.05) is 27.7 Å². The van der Waals surface area contributed by atoms with Gasteiger partial charge in [0.2, 0.25) is 5.76 Å². The Bertz CT molecular complexity index is 1300. The zero-order valence-corrected chi connectivity index (χ0v) is 20.4. The lowest BCUT2D eigenvalue weighted by Gasteiger charge is -2.25. The summed E-state index contributed by atoms with van der Waals surface area (Å²) >= 11 is 6.29. The predicted molar refractivity (Wildman–Crippen MR) is 130 cm³/mol. The first-order valence-electron chi connectivity index (χ1n) is 11.4. The van der Waals surface area contributed by atoms with E-state index in [4.69, 9.17) is 25.5 Å². The molecule has 0 radical (unpaired) electrons. The van der Waals surface area contributed by atoms with Gasteiger partial charge in [-0.1, -0.05) is 17.7 Å². The Hall–Kier alpha value is -3.03. The summed E-state index contributed by atoms with van der Waals surface area (Å²) in [6.45, 7) is 8.72. The summed E-state index contributed by atoms with van der Waals surface area (Å²) in [7, 11) is 0. The minimum Gasteiger partial charge on any atom is -0.504 e. The molecule has 1 aromatic heterocycles. The largest absolute Gasteiger partial charge is 0.504 e. The number of carbonyl (C=O) groups excluding carboxylic acids is 1. The van der Waals surface area contributed by atoms with Crippen LogP contribution in [0.25, 0.3) is 11.0 Å². The van der Waals surface area contributed by atoms with E-state index in [9.17, 15) is 14.7 Å². The van der Waals surface area contributed by atoms with Gasteiger partial charge >= 0.3 is 0 Å². The molecular weight excluding hydrogens is 458 g/mol. The van der Waals surface area contributed by atoms with Crippen LogP contribution >= 0.6 is 11.6 Å². The summed E-state index contributed by atoms with van der Waals surface area (Å²) < 4.78 is 17.2. The SMILES string of the molecule is CCOc1cc(C2c3c(oc4cc(C)c(Cl)cc4c3=O)C(=O)N2CCCOC(C)C)ccc1O. The molecule has 0 spiro atoms. The normalized spacial score (nSPS) is 15.4. The summed E-state index contributed by atoms with van der Waals surface area (Å²) in [4.78, 5) is 28.8. The molecule has 180 valence electrons. The van der Waals surface area contributed by atoms with Crippen LogP contribution in [-0.4, -0.2) is 41.8 Å². The lowest BCUT2D eigenvalue weighted by Crippen LogP contribution is -2.31. The number of aromatic hydroxyl groups is 1. The van der Waals surface area contributed by atoms with Crippen LogP contribution in [0.4, 0.5) is 0 Å². The minimum atomic E-state index is -0.693. The molecule has 3 aromatic rings. The second kappa shape index (κ2) is 9.68. The van der Waals surface area contributed by atoms with Crippen LogP contribution in [0, 0.1) is 6.92 Å². The number of nitrogens with zero attached hydrogens (tertiary/aromatic N) is 1. The van der Waals surface area contributed by atoms with Gasteiger partial charge in [0.25, 0.3) is 5.91 Å². The van der Waals surface area contributed by atoms with Crippen molar-refractivity contribution in [1.29, 1.82) is 0 Å². The van der Waals surface area contributed by atoms with E-state index in [0.717, 1.165) is 5.56 Å². The second-order valence-electron chi connectivity index (χ2n) is 8.61. The highest BCUT2D eigenvalue weighted by atomic mass is 35.5. The molecule has 4 rings (SSSR count). The number of halogens is 1. The third kappa shape index (κ3) is 4.38. The third-order valence-electron chi connectivity index (χ3n) is 5.84. The minimum absolute atomic E-state index is 0.0140. The van der Waals surface area contributed by atoms with E-state index in [2.05, 4.69) is 0 Å². The average molecular weight is 486 g/mol. The fourth-order valence-electron chi connectivity index (χ4n) is 4.24. The van der Waals surface area contributed by atoms with Crippen molar-refractivity contribution in [3.63, 3.8) is 0 Å². The van der Waals surface area contributed by atoms with Crippen molar-refractivity contribution in [2.45, 2.75) is 46.3 Å². The van der Waals surface area contributed by atoms with E-state index < -0.39 is 6.04 Å². The van der Waals surface area contributed by atoms with Gasteiger partial charge in [0.05, 0.1) is 29.7 Å². The van der Waals surface area contributed by atoms with Gasteiger partial charge in [0, 0.05) is 18.2 Å². The highest BCUT2D eigenvalue weighted by Crippen LogP contribution is 2.41. The number of amides is 1. The molecule has 1 aliphatic heterocycles. The van der Waals surface area contributed by atoms with Crippen molar-refractivity contribution in [2.24, 2.45) is 0 Å². The van der Waals surface area contributed by atoms with Gasteiger partial charge in [0.15, 0.2) is 16.9 Å². The Morgan fingerprint density at radius 1 is 1.21 bits per heavy atom. The molecule has 0 saturated heterocycles. The number of hydrogen-bond donors (Lipinski definition) is 1. The van der Waals surface area contributed by atoms with E-state index in [0.29, 0.717) is 47.7 Å². The Morgan fingerprint density at radius 2 is 1.97 bits per heavy atom. The van der Waals surface area contributed by atoms with E-state index >= 15 is 0 Å². The van der Waals surface area contributed by atoms with E-state index in [-0.39, 0.29) is 40.3 Å². The Balaban J connectivity index is 1.86. The van der Waals surface area contributed by atoms with Crippen molar-refractivity contribution in [3.05, 3.63) is 68.0 Å². The first-order chi connectivity index (χ1) is 16.2. The maximum atomic E-state index is 13.7. The quantitative estimate of drug-likeness (QED) is 0.440. The van der Waals surface area contributed by atoms with Crippen molar-refractivity contribution in [3.8, 4) is 11.5 Å². The molecule has 1 atom stereocenters. The van der Waals surface area contributed by atoms with Gasteiger partial charge < -0.3 is 23.9 Å². The number of fused-ring (bicyclic) bond motifs is 2. The molecule has 7 nitrogen and oxygen atoms in total. The molecule has 1 amide bonds. The van der Waals surface area contributed by atoms with Crippen molar-refractivity contribution in [1.82, 2.24) is 4.90 Å². The second-order valence-corrected chi connectivity index (χ2v) is 9.01. The number of phenols is 1. The number of phenolic OH excluding ortho intramolecular Hbond substituents is 1. The number of ether oxygens (including phenoxy) is 2. The zero-order chi connectivity index (χ0) is 24.6. The molecule has 2 aromatic carbocycles. The number of hydrogen-bond acceptors (Lipinski definition) is 6. The fourth-order valence-corrected chi connectivity index (χ4v) is 4.41. The van der Waals surface area contributed by atoms with Gasteiger partial charge in [0.1, 0.15) is 5.58 Å². The van der Waals surface area contributed by atoms with Gasteiger partial charge in [-0.05, 0) is 69.5 Å². The Labute approximate surface area is 202 Å². The number of aryl methyl sites for hydroxylation is 1. The number of carbonyl (C=O) groups is 1. The third-order valence-corrected chi connectivity index (χ3v) is 6.25. The molecule has 2 heterocycles. The summed E-state index contributed by atoms with van der Waals surface area (Å²) in [5.41, 5.74) is 1.67. The smallest absolute Gasteiger partial charge is 0.290 e. The summed E-state index contributed by atoms with van der Waals surface area (Å²) in [6, 6.07) is 7.42. The maximum Gasteiger partial charge on any atom is 0.290 e. The van der Waals surface area contributed by atoms with E-state index in [1.165, 1.54) is 6.07 Å². The summed E-state index contributed by atoms with van der Waals surface area (Å²) in [6.07, 6.45) is 0.665. The lowest BCUT2D eigenvalue weighted by molar-refractivity contribution is 0.0593. The Kier molecular flexibility index (Phi) is 6.86. The zero-order valence-electron chi connectivity index (χ0n) is 19.7. The van der Waals surface area contributed by atoms with Crippen LogP contribution < -0.4 is 10.2 Å². The first-order valence-corrected chi connectivity index (χ1v) is 11.8. The molecule has 1 unspecified atom stereocenters. The fraction of sp³-hybridized carbons (Fsp3) is 0.385. The van der Waals surface area contributed by atoms with Crippen LogP contribution in [0.5, 0.6) is 11.5 Å². The lowest BCUT2D eigenvalue weighted by atomic mass is 9.97. The molecule has 1 N–H and O–H groups in total.